The maximum atomic E-state index is 12.7. The predicted octanol–water partition coefficient (Wildman–Crippen LogP) is 3.97. The van der Waals surface area contributed by atoms with Crippen molar-refractivity contribution in [1.29, 1.82) is 0 Å². The molecule has 7 heteroatoms. The first-order chi connectivity index (χ1) is 13.1. The van der Waals surface area contributed by atoms with Gasteiger partial charge >= 0.3 is 0 Å². The van der Waals surface area contributed by atoms with Crippen LogP contribution in [0.2, 0.25) is 0 Å². The minimum Gasteiger partial charge on any atom is -0.343 e. The zero-order valence-corrected chi connectivity index (χ0v) is 16.9. The van der Waals surface area contributed by atoms with Gasteiger partial charge in [-0.2, -0.15) is 11.8 Å². The molecule has 142 valence electrons. The van der Waals surface area contributed by atoms with Gasteiger partial charge in [-0.15, -0.1) is 0 Å². The first-order valence-corrected chi connectivity index (χ1v) is 11.9. The molecule has 0 atom stereocenters. The fraction of sp³-hybridized carbons (Fsp3) is 0.350. The number of fused-ring (bicyclic) bond motifs is 1. The van der Waals surface area contributed by atoms with Crippen LogP contribution in [-0.2, 0) is 16.4 Å². The number of aryl methyl sites for hydroxylation is 1. The van der Waals surface area contributed by atoms with Crippen LogP contribution in [0.15, 0.2) is 47.5 Å². The van der Waals surface area contributed by atoms with Crippen LogP contribution < -0.4 is 4.72 Å². The van der Waals surface area contributed by atoms with Crippen LogP contribution in [-0.4, -0.2) is 35.9 Å². The van der Waals surface area contributed by atoms with Crippen molar-refractivity contribution >= 4 is 32.8 Å². The van der Waals surface area contributed by atoms with Crippen LogP contribution in [0, 0.1) is 0 Å². The fourth-order valence-corrected chi connectivity index (χ4v) is 5.85. The van der Waals surface area contributed by atoms with Gasteiger partial charge in [0.15, 0.2) is 0 Å². The Morgan fingerprint density at radius 2 is 1.93 bits per heavy atom. The molecule has 0 unspecified atom stereocenters. The molecule has 0 amide bonds. The Kier molecular flexibility index (Phi) is 5.25. The number of nitrogens with zero attached hydrogens (tertiary/aromatic N) is 1. The number of hydrogen-bond donors (Lipinski definition) is 2. The van der Waals surface area contributed by atoms with E-state index in [4.69, 9.17) is 0 Å². The van der Waals surface area contributed by atoms with Gasteiger partial charge in [0.1, 0.15) is 5.65 Å². The standard InChI is InChI=1S/C20H23N3O2S2/c1-2-15-13-19-18(7-10-21-20(19)22-15)14-3-5-17(6-4-14)27(24,25)23-16-8-11-26-12-9-16/h3-7,10,13,16,23H,2,8-9,11-12H2,1H3,(H,21,22). The Balaban J connectivity index is 1.61. The van der Waals surface area contributed by atoms with E-state index in [1.165, 1.54) is 0 Å². The number of benzene rings is 1. The highest BCUT2D eigenvalue weighted by Gasteiger charge is 2.22. The number of sulfonamides is 1. The molecule has 4 rings (SSSR count). The summed E-state index contributed by atoms with van der Waals surface area (Å²) in [6.45, 7) is 2.10. The van der Waals surface area contributed by atoms with Crippen LogP contribution >= 0.6 is 11.8 Å². The van der Waals surface area contributed by atoms with E-state index in [0.717, 1.165) is 58.6 Å². The van der Waals surface area contributed by atoms with Crippen molar-refractivity contribution < 1.29 is 8.42 Å². The molecular formula is C20H23N3O2S2. The molecule has 2 N–H and O–H groups in total. The van der Waals surface area contributed by atoms with Gasteiger partial charge in [0.2, 0.25) is 10.0 Å². The largest absolute Gasteiger partial charge is 0.343 e. The Labute approximate surface area is 164 Å². The average Bonchev–Trinajstić information content (AvgIpc) is 3.12. The second-order valence-electron chi connectivity index (χ2n) is 6.80. The van der Waals surface area contributed by atoms with Crippen molar-refractivity contribution in [3.05, 3.63) is 48.3 Å². The van der Waals surface area contributed by atoms with E-state index in [1.807, 2.05) is 30.0 Å². The van der Waals surface area contributed by atoms with Gasteiger partial charge in [0, 0.05) is 23.3 Å². The molecule has 0 radical (unpaired) electrons. The molecule has 0 bridgehead atoms. The summed E-state index contributed by atoms with van der Waals surface area (Å²) in [5.41, 5.74) is 4.03. The van der Waals surface area contributed by atoms with E-state index >= 15 is 0 Å². The molecule has 27 heavy (non-hydrogen) atoms. The van der Waals surface area contributed by atoms with Gasteiger partial charge in [-0.05, 0) is 66.2 Å². The van der Waals surface area contributed by atoms with Crippen molar-refractivity contribution in [1.82, 2.24) is 14.7 Å². The van der Waals surface area contributed by atoms with Crippen LogP contribution in [0.3, 0.4) is 0 Å². The van der Waals surface area contributed by atoms with Crippen LogP contribution in [0.25, 0.3) is 22.2 Å². The summed E-state index contributed by atoms with van der Waals surface area (Å²) in [6, 6.07) is 11.3. The van der Waals surface area contributed by atoms with E-state index < -0.39 is 10.0 Å². The molecule has 3 aromatic rings. The third-order valence-corrected chi connectivity index (χ3v) is 7.57. The fourth-order valence-electron chi connectivity index (χ4n) is 3.44. The zero-order chi connectivity index (χ0) is 18.9. The number of H-pyrrole nitrogens is 1. The quantitative estimate of drug-likeness (QED) is 0.678. The number of thioether (sulfide) groups is 1. The number of aromatic amines is 1. The highest BCUT2D eigenvalue weighted by molar-refractivity contribution is 7.99. The molecular weight excluding hydrogens is 378 g/mol. The molecule has 0 aliphatic carbocycles. The van der Waals surface area contributed by atoms with Crippen molar-refractivity contribution in [3.63, 3.8) is 0 Å². The summed E-state index contributed by atoms with van der Waals surface area (Å²) < 4.78 is 28.2. The lowest BCUT2D eigenvalue weighted by molar-refractivity contribution is 0.529. The normalized spacial score (nSPS) is 16.0. The molecule has 0 spiro atoms. The second-order valence-corrected chi connectivity index (χ2v) is 9.74. The second kappa shape index (κ2) is 7.66. The molecule has 5 nitrogen and oxygen atoms in total. The van der Waals surface area contributed by atoms with E-state index in [1.54, 1.807) is 18.3 Å². The Morgan fingerprint density at radius 1 is 1.19 bits per heavy atom. The molecule has 3 heterocycles. The smallest absolute Gasteiger partial charge is 0.240 e. The SMILES string of the molecule is CCc1cc2c(-c3ccc(S(=O)(=O)NC4CCSCC4)cc3)ccnc2[nH]1. The molecule has 1 fully saturated rings. The van der Waals surface area contributed by atoms with Crippen LogP contribution in [0.4, 0.5) is 0 Å². The van der Waals surface area contributed by atoms with Crippen molar-refractivity contribution in [2.75, 3.05) is 11.5 Å². The summed E-state index contributed by atoms with van der Waals surface area (Å²) in [5.74, 6) is 2.03. The predicted molar refractivity (Wildman–Crippen MR) is 112 cm³/mol. The molecule has 0 saturated carbocycles. The summed E-state index contributed by atoms with van der Waals surface area (Å²) in [7, 11) is -3.48. The summed E-state index contributed by atoms with van der Waals surface area (Å²) in [5, 5.41) is 1.06. The minimum absolute atomic E-state index is 0.0445. The maximum Gasteiger partial charge on any atom is 0.240 e. The van der Waals surface area contributed by atoms with Gasteiger partial charge in [0.05, 0.1) is 4.90 Å². The number of pyridine rings is 1. The lowest BCUT2D eigenvalue weighted by Crippen LogP contribution is -2.37. The Hall–Kier alpha value is -1.83. The zero-order valence-electron chi connectivity index (χ0n) is 15.2. The van der Waals surface area contributed by atoms with Crippen molar-refractivity contribution in [2.45, 2.75) is 37.1 Å². The van der Waals surface area contributed by atoms with Crippen LogP contribution in [0.1, 0.15) is 25.5 Å². The first-order valence-electron chi connectivity index (χ1n) is 9.24. The molecule has 1 saturated heterocycles. The molecule has 1 aliphatic heterocycles. The van der Waals surface area contributed by atoms with Gasteiger partial charge in [-0.3, -0.25) is 0 Å². The molecule has 1 aromatic carbocycles. The Bertz CT molecular complexity index is 1040. The monoisotopic (exact) mass is 401 g/mol. The van der Waals surface area contributed by atoms with Gasteiger partial charge in [-0.1, -0.05) is 19.1 Å². The third kappa shape index (κ3) is 3.90. The Morgan fingerprint density at radius 3 is 2.63 bits per heavy atom. The lowest BCUT2D eigenvalue weighted by atomic mass is 10.0. The maximum absolute atomic E-state index is 12.7. The minimum atomic E-state index is -3.48. The van der Waals surface area contributed by atoms with Crippen molar-refractivity contribution in [3.8, 4) is 11.1 Å². The molecule has 2 aromatic heterocycles. The van der Waals surface area contributed by atoms with E-state index in [0.29, 0.717) is 4.90 Å². The highest BCUT2D eigenvalue weighted by Crippen LogP contribution is 2.29. The topological polar surface area (TPSA) is 74.8 Å². The number of hydrogen-bond acceptors (Lipinski definition) is 4. The molecule has 1 aliphatic rings. The van der Waals surface area contributed by atoms with E-state index in [2.05, 4.69) is 27.7 Å². The summed E-state index contributed by atoms with van der Waals surface area (Å²) in [4.78, 5) is 8.03. The number of nitrogens with one attached hydrogen (secondary N) is 2. The average molecular weight is 402 g/mol. The van der Waals surface area contributed by atoms with Gasteiger partial charge in [-0.25, -0.2) is 18.1 Å². The highest BCUT2D eigenvalue weighted by atomic mass is 32.2. The number of aromatic nitrogens is 2. The van der Waals surface area contributed by atoms with Gasteiger partial charge in [0.25, 0.3) is 0 Å². The summed E-state index contributed by atoms with van der Waals surface area (Å²) in [6.07, 6.45) is 4.48. The van der Waals surface area contributed by atoms with E-state index in [9.17, 15) is 8.42 Å². The first kappa shape index (κ1) is 18.5. The third-order valence-electron chi connectivity index (χ3n) is 4.99. The van der Waals surface area contributed by atoms with Crippen molar-refractivity contribution in [2.24, 2.45) is 0 Å². The lowest BCUT2D eigenvalue weighted by Gasteiger charge is -2.22. The van der Waals surface area contributed by atoms with Crippen LogP contribution in [0.5, 0.6) is 0 Å². The summed E-state index contributed by atoms with van der Waals surface area (Å²) >= 11 is 1.88. The van der Waals surface area contributed by atoms with E-state index in [-0.39, 0.29) is 6.04 Å². The number of rotatable bonds is 5. The van der Waals surface area contributed by atoms with Gasteiger partial charge < -0.3 is 4.98 Å².